The summed E-state index contributed by atoms with van der Waals surface area (Å²) in [6.45, 7) is 1.58. The summed E-state index contributed by atoms with van der Waals surface area (Å²) in [5.74, 6) is 2.88. The predicted molar refractivity (Wildman–Crippen MR) is 101 cm³/mol. The third kappa shape index (κ3) is 2.73. The van der Waals surface area contributed by atoms with Crippen LogP contribution in [0.25, 0.3) is 0 Å². The second-order valence-electron chi connectivity index (χ2n) is 6.99. The van der Waals surface area contributed by atoms with E-state index < -0.39 is 11.7 Å². The quantitative estimate of drug-likeness (QED) is 0.631. The largest absolute Gasteiger partial charge is 0.453 e. The molecule has 0 radical (unpaired) electrons. The van der Waals surface area contributed by atoms with Gasteiger partial charge in [-0.25, -0.2) is 0 Å². The van der Waals surface area contributed by atoms with Gasteiger partial charge in [0.2, 0.25) is 0 Å². The number of ether oxygens (including phenoxy) is 1. The molecule has 7 heteroatoms. The lowest BCUT2D eigenvalue weighted by molar-refractivity contribution is -0.137. The van der Waals surface area contributed by atoms with E-state index in [0.717, 1.165) is 55.8 Å². The summed E-state index contributed by atoms with van der Waals surface area (Å²) in [5.41, 5.74) is 0.430. The molecule has 144 valence electrons. The van der Waals surface area contributed by atoms with Crippen LogP contribution in [-0.4, -0.2) is 23.8 Å². The van der Waals surface area contributed by atoms with Gasteiger partial charge >= 0.3 is 6.18 Å². The average molecular weight is 385 g/mol. The second kappa shape index (κ2) is 6.29. The summed E-state index contributed by atoms with van der Waals surface area (Å²) in [5, 5.41) is 0. The zero-order chi connectivity index (χ0) is 19.3. The summed E-state index contributed by atoms with van der Waals surface area (Å²) in [7, 11) is 0. The molecule has 2 aromatic carbocycles. The molecule has 0 unspecified atom stereocenters. The number of halogens is 3. The summed E-state index contributed by atoms with van der Waals surface area (Å²) in [4.78, 5) is 8.59. The van der Waals surface area contributed by atoms with Crippen molar-refractivity contribution in [3.05, 3.63) is 59.9 Å². The van der Waals surface area contributed by atoms with Crippen molar-refractivity contribution in [1.82, 2.24) is 4.90 Å². The number of benzene rings is 2. The summed E-state index contributed by atoms with van der Waals surface area (Å²) in [6, 6.07) is 11.0. The van der Waals surface area contributed by atoms with E-state index in [9.17, 15) is 13.2 Å². The van der Waals surface area contributed by atoms with Crippen molar-refractivity contribution in [2.45, 2.75) is 25.4 Å². The lowest BCUT2D eigenvalue weighted by Gasteiger charge is -2.37. The van der Waals surface area contributed by atoms with Gasteiger partial charge < -0.3 is 9.64 Å². The minimum Gasteiger partial charge on any atom is -0.453 e. The molecule has 0 fully saturated rings. The Morgan fingerprint density at radius 1 is 1.00 bits per heavy atom. The zero-order valence-electron chi connectivity index (χ0n) is 15.0. The first-order chi connectivity index (χ1) is 13.5. The Hall–Kier alpha value is -2.96. The van der Waals surface area contributed by atoms with Gasteiger partial charge in [0.15, 0.2) is 11.5 Å². The van der Waals surface area contributed by atoms with Crippen LogP contribution in [0.2, 0.25) is 0 Å². The van der Waals surface area contributed by atoms with E-state index in [4.69, 9.17) is 4.74 Å². The van der Waals surface area contributed by atoms with Gasteiger partial charge in [0, 0.05) is 19.5 Å². The van der Waals surface area contributed by atoms with E-state index in [1.807, 2.05) is 29.2 Å². The molecular weight excluding hydrogens is 367 g/mol. The van der Waals surface area contributed by atoms with Crippen LogP contribution in [0.5, 0.6) is 11.5 Å². The minimum absolute atomic E-state index is 0.394. The Morgan fingerprint density at radius 3 is 2.61 bits per heavy atom. The molecule has 3 heterocycles. The van der Waals surface area contributed by atoms with Crippen LogP contribution in [0.15, 0.2) is 59.4 Å². The Bertz CT molecular complexity index is 997. The fourth-order valence-electron chi connectivity index (χ4n) is 3.94. The third-order valence-electron chi connectivity index (χ3n) is 5.20. The number of anilines is 2. The number of hydrogen-bond acceptors (Lipinski definition) is 4. The Labute approximate surface area is 160 Å². The molecule has 0 saturated heterocycles. The van der Waals surface area contributed by atoms with Gasteiger partial charge in [-0.2, -0.15) is 13.2 Å². The topological polar surface area (TPSA) is 28.1 Å². The molecule has 0 aromatic heterocycles. The molecule has 4 nitrogen and oxygen atoms in total. The maximum atomic E-state index is 13.4. The van der Waals surface area contributed by atoms with Gasteiger partial charge in [0.1, 0.15) is 11.7 Å². The third-order valence-corrected chi connectivity index (χ3v) is 5.20. The van der Waals surface area contributed by atoms with Gasteiger partial charge in [-0.3, -0.25) is 9.89 Å². The maximum absolute atomic E-state index is 13.4. The van der Waals surface area contributed by atoms with Crippen molar-refractivity contribution >= 4 is 17.2 Å². The number of nitrogens with zero attached hydrogens (tertiary/aromatic N) is 3. The van der Waals surface area contributed by atoms with Gasteiger partial charge in [-0.05, 0) is 49.2 Å². The molecule has 0 saturated carbocycles. The van der Waals surface area contributed by atoms with E-state index in [-0.39, 0.29) is 0 Å². The van der Waals surface area contributed by atoms with Crippen molar-refractivity contribution in [1.29, 1.82) is 0 Å². The Balaban J connectivity index is 1.66. The fraction of sp³-hybridized carbons (Fsp3) is 0.286. The number of para-hydroxylation sites is 2. The molecule has 0 bridgehead atoms. The number of alkyl halides is 3. The fourth-order valence-corrected chi connectivity index (χ4v) is 3.94. The summed E-state index contributed by atoms with van der Waals surface area (Å²) in [6.07, 6.45) is 0.360. The van der Waals surface area contributed by atoms with E-state index in [1.54, 1.807) is 0 Å². The smallest absolute Gasteiger partial charge is 0.416 e. The Morgan fingerprint density at radius 2 is 1.82 bits per heavy atom. The minimum atomic E-state index is -4.42. The van der Waals surface area contributed by atoms with Crippen LogP contribution < -0.4 is 9.64 Å². The van der Waals surface area contributed by atoms with E-state index in [0.29, 0.717) is 17.2 Å². The summed E-state index contributed by atoms with van der Waals surface area (Å²) < 4.78 is 46.0. The molecule has 2 aromatic rings. The number of aliphatic imine (C=N–C) groups is 1. The first kappa shape index (κ1) is 17.2. The lowest BCUT2D eigenvalue weighted by atomic mass is 10.1. The van der Waals surface area contributed by atoms with Gasteiger partial charge in [-0.15, -0.1) is 0 Å². The van der Waals surface area contributed by atoms with E-state index in [2.05, 4.69) is 16.0 Å². The molecule has 5 rings (SSSR count). The first-order valence-corrected chi connectivity index (χ1v) is 9.32. The van der Waals surface area contributed by atoms with E-state index >= 15 is 0 Å². The highest BCUT2D eigenvalue weighted by molar-refractivity contribution is 5.89. The normalized spacial score (nSPS) is 18.4. The second-order valence-corrected chi connectivity index (χ2v) is 6.99. The molecular formula is C21H18F3N3O. The van der Waals surface area contributed by atoms with Crippen LogP contribution in [0.3, 0.4) is 0 Å². The molecule has 0 aliphatic carbocycles. The number of rotatable bonds is 1. The van der Waals surface area contributed by atoms with Crippen molar-refractivity contribution in [3.63, 3.8) is 0 Å². The molecule has 3 aliphatic heterocycles. The van der Waals surface area contributed by atoms with Crippen molar-refractivity contribution < 1.29 is 17.9 Å². The van der Waals surface area contributed by atoms with Crippen LogP contribution in [0.1, 0.15) is 24.8 Å². The monoisotopic (exact) mass is 385 g/mol. The molecule has 0 N–H and O–H groups in total. The van der Waals surface area contributed by atoms with Gasteiger partial charge in [-0.1, -0.05) is 12.1 Å². The highest BCUT2D eigenvalue weighted by Crippen LogP contribution is 2.51. The molecule has 3 aliphatic rings. The Kier molecular flexibility index (Phi) is 3.86. The molecule has 0 atom stereocenters. The molecule has 28 heavy (non-hydrogen) atoms. The van der Waals surface area contributed by atoms with Gasteiger partial charge in [0.05, 0.1) is 16.9 Å². The lowest BCUT2D eigenvalue weighted by Crippen LogP contribution is -2.35. The van der Waals surface area contributed by atoms with Crippen molar-refractivity contribution in [2.75, 3.05) is 18.0 Å². The highest BCUT2D eigenvalue weighted by Gasteiger charge is 2.37. The first-order valence-electron chi connectivity index (χ1n) is 9.32. The van der Waals surface area contributed by atoms with Crippen LogP contribution in [0, 0.1) is 0 Å². The van der Waals surface area contributed by atoms with E-state index in [1.165, 1.54) is 12.1 Å². The van der Waals surface area contributed by atoms with Crippen LogP contribution in [0.4, 0.5) is 24.5 Å². The summed E-state index contributed by atoms with van der Waals surface area (Å²) >= 11 is 0. The van der Waals surface area contributed by atoms with Crippen LogP contribution in [-0.2, 0) is 6.18 Å². The zero-order valence-corrected chi connectivity index (χ0v) is 15.0. The number of fused-ring (bicyclic) bond motifs is 2. The SMILES string of the molecule is FC(F)(F)c1ccc2c(c1)N(C1=CCCN1C1=NCCC1)c1ccccc1O2. The van der Waals surface area contributed by atoms with Crippen molar-refractivity contribution in [2.24, 2.45) is 4.99 Å². The average Bonchev–Trinajstić information content (AvgIpc) is 3.36. The predicted octanol–water partition coefficient (Wildman–Crippen LogP) is 5.69. The molecule has 0 spiro atoms. The number of hydrogen-bond donors (Lipinski definition) is 0. The number of amidine groups is 1. The highest BCUT2D eigenvalue weighted by atomic mass is 19.4. The standard InChI is InChI=1S/C21H18F3N3O/c22-21(23,24)14-9-10-18-16(13-14)27(15-5-1-2-6-17(15)28-18)20-8-4-12-26(20)19-7-3-11-25-19/h1-2,5-6,8-10,13H,3-4,7,11-12H2. The molecule has 0 amide bonds. The van der Waals surface area contributed by atoms with Crippen molar-refractivity contribution in [3.8, 4) is 11.5 Å². The maximum Gasteiger partial charge on any atom is 0.416 e. The van der Waals surface area contributed by atoms with Crippen LogP contribution >= 0.6 is 0 Å². The van der Waals surface area contributed by atoms with Gasteiger partial charge in [0.25, 0.3) is 0 Å².